The zero-order valence-corrected chi connectivity index (χ0v) is 10.5. The molecule has 4 N–H and O–H groups in total. The number of hydrogen-bond acceptors (Lipinski definition) is 6. The van der Waals surface area contributed by atoms with Gasteiger partial charge < -0.3 is 16.4 Å². The van der Waals surface area contributed by atoms with Gasteiger partial charge in [0.05, 0.1) is 18.8 Å². The van der Waals surface area contributed by atoms with Gasteiger partial charge in [-0.15, -0.1) is 0 Å². The number of anilines is 1. The van der Waals surface area contributed by atoms with Crippen molar-refractivity contribution in [2.75, 3.05) is 18.4 Å². The summed E-state index contributed by atoms with van der Waals surface area (Å²) < 4.78 is 1.42. The monoisotopic (exact) mass is 275 g/mol. The minimum absolute atomic E-state index is 0.162. The Bertz CT molecular complexity index is 597. The number of nitrogens with zero attached hydrogens (tertiary/aromatic N) is 4. The summed E-state index contributed by atoms with van der Waals surface area (Å²) in [5.74, 6) is -0.354. The third-order valence-corrected chi connectivity index (χ3v) is 2.33. The molecule has 2 heterocycles. The molecule has 9 nitrogen and oxygen atoms in total. The van der Waals surface area contributed by atoms with Gasteiger partial charge in [-0.1, -0.05) is 0 Å². The van der Waals surface area contributed by atoms with Crippen LogP contribution in [0.1, 0.15) is 0 Å². The molecule has 0 aliphatic rings. The van der Waals surface area contributed by atoms with Crippen molar-refractivity contribution < 1.29 is 9.59 Å². The summed E-state index contributed by atoms with van der Waals surface area (Å²) in [6, 6.07) is 3.35. The van der Waals surface area contributed by atoms with Crippen LogP contribution in [0.25, 0.3) is 5.82 Å². The molecule has 0 aliphatic carbocycles. The Balaban J connectivity index is 2.06. The molecule has 0 saturated heterocycles. The van der Waals surface area contributed by atoms with E-state index >= 15 is 0 Å². The highest BCUT2D eigenvalue weighted by atomic mass is 16.2. The molecule has 0 saturated carbocycles. The van der Waals surface area contributed by atoms with Crippen LogP contribution in [0.4, 0.5) is 5.69 Å². The largest absolute Gasteiger partial charge is 0.346 e. The van der Waals surface area contributed by atoms with Crippen LogP contribution in [0.3, 0.4) is 0 Å². The molecular weight excluding hydrogens is 262 g/mol. The molecule has 2 aromatic heterocycles. The van der Waals surface area contributed by atoms with E-state index in [1.807, 2.05) is 0 Å². The zero-order valence-electron chi connectivity index (χ0n) is 10.5. The van der Waals surface area contributed by atoms with Gasteiger partial charge in [0.15, 0.2) is 5.82 Å². The van der Waals surface area contributed by atoms with Gasteiger partial charge in [0.25, 0.3) is 0 Å². The summed E-state index contributed by atoms with van der Waals surface area (Å²) in [5.41, 5.74) is 5.59. The van der Waals surface area contributed by atoms with Crippen LogP contribution in [-0.4, -0.2) is 44.7 Å². The summed E-state index contributed by atoms with van der Waals surface area (Å²) in [4.78, 5) is 30.6. The molecule has 0 aliphatic heterocycles. The summed E-state index contributed by atoms with van der Waals surface area (Å²) in [7, 11) is 0. The number of rotatable bonds is 5. The summed E-state index contributed by atoms with van der Waals surface area (Å²) in [5, 5.41) is 8.96. The topological polar surface area (TPSA) is 128 Å². The fraction of sp³-hybridized carbons (Fsp3) is 0.182. The second kappa shape index (κ2) is 6.38. The third-order valence-electron chi connectivity index (χ3n) is 2.33. The number of hydrogen-bond donors (Lipinski definition) is 3. The maximum Gasteiger partial charge on any atom is 0.243 e. The first kappa shape index (κ1) is 13.6. The van der Waals surface area contributed by atoms with Gasteiger partial charge >= 0.3 is 0 Å². The van der Waals surface area contributed by atoms with Crippen molar-refractivity contribution in [1.82, 2.24) is 25.1 Å². The van der Waals surface area contributed by atoms with Crippen molar-refractivity contribution in [1.29, 1.82) is 0 Å². The van der Waals surface area contributed by atoms with E-state index in [1.165, 1.54) is 17.3 Å². The van der Waals surface area contributed by atoms with E-state index in [4.69, 9.17) is 5.73 Å². The van der Waals surface area contributed by atoms with Gasteiger partial charge in [0.2, 0.25) is 11.8 Å². The van der Waals surface area contributed by atoms with E-state index in [0.717, 1.165) is 0 Å². The van der Waals surface area contributed by atoms with Crippen LogP contribution in [0, 0.1) is 0 Å². The Morgan fingerprint density at radius 1 is 1.35 bits per heavy atom. The lowest BCUT2D eigenvalue weighted by Gasteiger charge is -2.09. The normalized spacial score (nSPS) is 10.1. The molecule has 0 bridgehead atoms. The fourth-order valence-corrected chi connectivity index (χ4v) is 1.44. The van der Waals surface area contributed by atoms with E-state index in [2.05, 4.69) is 25.7 Å². The molecule has 20 heavy (non-hydrogen) atoms. The summed E-state index contributed by atoms with van der Waals surface area (Å²) in [6.07, 6.45) is 4.40. The lowest BCUT2D eigenvalue weighted by atomic mass is 10.3. The maximum absolute atomic E-state index is 11.7. The Morgan fingerprint density at radius 2 is 2.20 bits per heavy atom. The Morgan fingerprint density at radius 3 is 2.90 bits per heavy atom. The van der Waals surface area contributed by atoms with E-state index in [0.29, 0.717) is 11.5 Å². The molecule has 0 aromatic carbocycles. The number of amides is 2. The quantitative estimate of drug-likeness (QED) is 0.620. The summed E-state index contributed by atoms with van der Waals surface area (Å²) >= 11 is 0. The highest BCUT2D eigenvalue weighted by Gasteiger charge is 2.10. The molecule has 2 rings (SSSR count). The van der Waals surface area contributed by atoms with E-state index in [1.54, 1.807) is 18.3 Å². The minimum atomic E-state index is -0.400. The number of carbonyl (C=O) groups excluding carboxylic acids is 2. The first-order valence-electron chi connectivity index (χ1n) is 5.77. The third kappa shape index (κ3) is 3.36. The Kier molecular flexibility index (Phi) is 4.35. The Hall–Kier alpha value is -2.81. The number of carbonyl (C=O) groups is 2. The van der Waals surface area contributed by atoms with Crippen molar-refractivity contribution in [2.45, 2.75) is 0 Å². The second-order valence-corrected chi connectivity index (χ2v) is 3.74. The molecule has 9 heteroatoms. The van der Waals surface area contributed by atoms with Crippen LogP contribution >= 0.6 is 0 Å². The first-order chi connectivity index (χ1) is 9.70. The fourth-order valence-electron chi connectivity index (χ4n) is 1.44. The van der Waals surface area contributed by atoms with E-state index in [-0.39, 0.29) is 19.0 Å². The van der Waals surface area contributed by atoms with Gasteiger partial charge in [-0.3, -0.25) is 9.59 Å². The van der Waals surface area contributed by atoms with E-state index < -0.39 is 5.91 Å². The minimum Gasteiger partial charge on any atom is -0.346 e. The highest BCUT2D eigenvalue weighted by Crippen LogP contribution is 2.15. The SMILES string of the molecule is NCC(=O)NCC(=O)Nc1cccnc1-n1cncn1. The number of nitrogens with two attached hydrogens (primary N) is 1. The van der Waals surface area contributed by atoms with Crippen molar-refractivity contribution in [3.05, 3.63) is 31.0 Å². The smallest absolute Gasteiger partial charge is 0.243 e. The molecule has 0 spiro atoms. The number of nitrogens with one attached hydrogen (secondary N) is 2. The van der Waals surface area contributed by atoms with Crippen LogP contribution in [-0.2, 0) is 9.59 Å². The molecule has 0 radical (unpaired) electrons. The molecule has 0 fully saturated rings. The average Bonchev–Trinajstić information content (AvgIpc) is 2.99. The molecule has 2 aromatic rings. The van der Waals surface area contributed by atoms with E-state index in [9.17, 15) is 9.59 Å². The predicted molar refractivity (Wildman–Crippen MR) is 69.8 cm³/mol. The second-order valence-electron chi connectivity index (χ2n) is 3.74. The molecule has 0 unspecified atom stereocenters. The van der Waals surface area contributed by atoms with Crippen LogP contribution in [0.15, 0.2) is 31.0 Å². The zero-order chi connectivity index (χ0) is 14.4. The molecule has 0 atom stereocenters. The number of aromatic nitrogens is 4. The molecular formula is C11H13N7O2. The van der Waals surface area contributed by atoms with Gasteiger partial charge in [0, 0.05) is 6.20 Å². The van der Waals surface area contributed by atoms with Gasteiger partial charge in [-0.05, 0) is 12.1 Å². The standard InChI is InChI=1S/C11H13N7O2/c12-4-9(19)15-5-10(20)17-8-2-1-3-14-11(8)18-7-13-6-16-18/h1-3,6-7H,4-5,12H2,(H,15,19)(H,17,20). The lowest BCUT2D eigenvalue weighted by molar-refractivity contribution is -0.123. The van der Waals surface area contributed by atoms with Gasteiger partial charge in [0.1, 0.15) is 12.7 Å². The Labute approximate surface area is 114 Å². The van der Waals surface area contributed by atoms with Gasteiger partial charge in [-0.25, -0.2) is 14.6 Å². The number of pyridine rings is 1. The van der Waals surface area contributed by atoms with Gasteiger partial charge in [-0.2, -0.15) is 5.10 Å². The molecule has 104 valence electrons. The first-order valence-corrected chi connectivity index (χ1v) is 5.77. The maximum atomic E-state index is 11.7. The molecule has 2 amide bonds. The highest BCUT2D eigenvalue weighted by molar-refractivity contribution is 5.95. The predicted octanol–water partition coefficient (Wildman–Crippen LogP) is -1.32. The van der Waals surface area contributed by atoms with Crippen LogP contribution in [0.5, 0.6) is 0 Å². The van der Waals surface area contributed by atoms with Crippen molar-refractivity contribution >= 4 is 17.5 Å². The van der Waals surface area contributed by atoms with Crippen molar-refractivity contribution in [3.8, 4) is 5.82 Å². The van der Waals surface area contributed by atoms with Crippen molar-refractivity contribution in [3.63, 3.8) is 0 Å². The van der Waals surface area contributed by atoms with Crippen LogP contribution < -0.4 is 16.4 Å². The average molecular weight is 275 g/mol. The summed E-state index contributed by atoms with van der Waals surface area (Å²) in [6.45, 7) is -0.327. The van der Waals surface area contributed by atoms with Crippen LogP contribution in [0.2, 0.25) is 0 Å². The lowest BCUT2D eigenvalue weighted by Crippen LogP contribution is -2.36. The van der Waals surface area contributed by atoms with Crippen molar-refractivity contribution in [2.24, 2.45) is 5.73 Å².